The number of nitrogens with zero attached hydrogens (tertiary/aromatic N) is 1. The molecule has 3 nitrogen and oxygen atoms in total. The second kappa shape index (κ2) is 5.67. The van der Waals surface area contributed by atoms with Crippen molar-refractivity contribution < 1.29 is 4.42 Å². The highest BCUT2D eigenvalue weighted by Crippen LogP contribution is 2.28. The molecular formula is C14H17BrN2O. The molecule has 1 aromatic heterocycles. The summed E-state index contributed by atoms with van der Waals surface area (Å²) in [5, 5.41) is 3.29. The first-order valence-electron chi connectivity index (χ1n) is 6.01. The molecule has 96 valence electrons. The van der Waals surface area contributed by atoms with Crippen LogP contribution in [0.3, 0.4) is 0 Å². The first-order chi connectivity index (χ1) is 8.58. The summed E-state index contributed by atoms with van der Waals surface area (Å²) in [5.41, 5.74) is 2.24. The van der Waals surface area contributed by atoms with E-state index in [9.17, 15) is 0 Å². The maximum absolute atomic E-state index is 5.76. The highest BCUT2D eigenvalue weighted by Gasteiger charge is 2.10. The Morgan fingerprint density at radius 2 is 2.17 bits per heavy atom. The van der Waals surface area contributed by atoms with Crippen molar-refractivity contribution in [1.82, 2.24) is 10.3 Å². The quantitative estimate of drug-likeness (QED) is 0.930. The van der Waals surface area contributed by atoms with Crippen LogP contribution in [0.5, 0.6) is 0 Å². The molecule has 0 spiro atoms. The predicted octanol–water partition coefficient (Wildman–Crippen LogP) is 3.91. The summed E-state index contributed by atoms with van der Waals surface area (Å²) in [6, 6.07) is 6.49. The molecule has 2 rings (SSSR count). The van der Waals surface area contributed by atoms with Gasteiger partial charge in [-0.25, -0.2) is 4.98 Å². The van der Waals surface area contributed by atoms with Gasteiger partial charge >= 0.3 is 0 Å². The lowest BCUT2D eigenvalue weighted by Crippen LogP contribution is -2.21. The van der Waals surface area contributed by atoms with E-state index in [0.29, 0.717) is 12.6 Å². The number of benzene rings is 1. The molecule has 0 unspecified atom stereocenters. The Kier molecular flexibility index (Phi) is 4.19. The van der Waals surface area contributed by atoms with E-state index in [2.05, 4.69) is 47.0 Å². The average Bonchev–Trinajstić information content (AvgIpc) is 2.78. The highest BCUT2D eigenvalue weighted by atomic mass is 79.9. The third kappa shape index (κ3) is 3.00. The van der Waals surface area contributed by atoms with E-state index in [1.807, 2.05) is 18.2 Å². The second-order valence-corrected chi connectivity index (χ2v) is 5.42. The van der Waals surface area contributed by atoms with Crippen molar-refractivity contribution in [2.75, 3.05) is 0 Å². The summed E-state index contributed by atoms with van der Waals surface area (Å²) in [6.07, 6.45) is 1.78. The molecule has 0 fully saturated rings. The minimum absolute atomic E-state index is 0.424. The molecule has 0 aliphatic rings. The molecular weight excluding hydrogens is 292 g/mol. The van der Waals surface area contributed by atoms with E-state index in [-0.39, 0.29) is 0 Å². The molecule has 0 bridgehead atoms. The molecule has 0 radical (unpaired) electrons. The molecule has 1 N–H and O–H groups in total. The van der Waals surface area contributed by atoms with Crippen molar-refractivity contribution in [2.24, 2.45) is 0 Å². The van der Waals surface area contributed by atoms with E-state index in [1.165, 1.54) is 0 Å². The first-order valence-corrected chi connectivity index (χ1v) is 6.81. The van der Waals surface area contributed by atoms with Gasteiger partial charge in [-0.1, -0.05) is 41.9 Å². The van der Waals surface area contributed by atoms with Gasteiger partial charge in [0.25, 0.3) is 0 Å². The summed E-state index contributed by atoms with van der Waals surface area (Å²) < 4.78 is 6.84. The molecule has 0 amide bonds. The number of hydrogen-bond acceptors (Lipinski definition) is 3. The highest BCUT2D eigenvalue weighted by molar-refractivity contribution is 9.10. The molecule has 2 aromatic rings. The zero-order valence-corrected chi connectivity index (χ0v) is 12.4. The fourth-order valence-corrected chi connectivity index (χ4v) is 2.05. The minimum atomic E-state index is 0.424. The van der Waals surface area contributed by atoms with E-state index >= 15 is 0 Å². The van der Waals surface area contributed by atoms with Crippen LogP contribution in [-0.2, 0) is 6.54 Å². The van der Waals surface area contributed by atoms with Gasteiger partial charge in [0.05, 0.1) is 12.7 Å². The Morgan fingerprint density at radius 3 is 2.89 bits per heavy atom. The molecule has 18 heavy (non-hydrogen) atoms. The fourth-order valence-electron chi connectivity index (χ4n) is 1.68. The number of nitrogens with one attached hydrogen (secondary N) is 1. The zero-order valence-electron chi connectivity index (χ0n) is 10.8. The van der Waals surface area contributed by atoms with Gasteiger partial charge in [0, 0.05) is 16.1 Å². The molecule has 0 saturated carbocycles. The molecule has 0 saturated heterocycles. The van der Waals surface area contributed by atoms with Crippen molar-refractivity contribution in [3.8, 4) is 11.3 Å². The Balaban J connectivity index is 2.21. The van der Waals surface area contributed by atoms with Crippen molar-refractivity contribution in [3.05, 3.63) is 40.3 Å². The largest absolute Gasteiger partial charge is 0.439 e. The standard InChI is InChI=1S/C14H17BrN2O/c1-9(2)16-8-14-17-7-13(18-14)11-5-4-6-12(15)10(11)3/h4-7,9,16H,8H2,1-3H3. The Morgan fingerprint density at radius 1 is 1.39 bits per heavy atom. The summed E-state index contributed by atoms with van der Waals surface area (Å²) in [7, 11) is 0. The summed E-state index contributed by atoms with van der Waals surface area (Å²) >= 11 is 3.53. The monoisotopic (exact) mass is 308 g/mol. The minimum Gasteiger partial charge on any atom is -0.439 e. The number of halogens is 1. The maximum Gasteiger partial charge on any atom is 0.208 e. The average molecular weight is 309 g/mol. The van der Waals surface area contributed by atoms with Gasteiger partial charge in [0.15, 0.2) is 5.76 Å². The lowest BCUT2D eigenvalue weighted by Gasteiger charge is -2.05. The van der Waals surface area contributed by atoms with Crippen molar-refractivity contribution >= 4 is 15.9 Å². The molecule has 1 aromatic carbocycles. The summed E-state index contributed by atoms with van der Waals surface area (Å²) in [6.45, 7) is 6.92. The lowest BCUT2D eigenvalue weighted by molar-refractivity contribution is 0.459. The Hall–Kier alpha value is -1.13. The third-order valence-electron chi connectivity index (χ3n) is 2.75. The zero-order chi connectivity index (χ0) is 13.1. The normalized spacial score (nSPS) is 11.2. The van der Waals surface area contributed by atoms with Crippen LogP contribution in [-0.4, -0.2) is 11.0 Å². The first kappa shape index (κ1) is 13.3. The van der Waals surface area contributed by atoms with Crippen LogP contribution in [0.15, 0.2) is 33.3 Å². The Labute approximate surface area is 116 Å². The van der Waals surface area contributed by atoms with E-state index < -0.39 is 0 Å². The summed E-state index contributed by atoms with van der Waals surface area (Å²) in [5.74, 6) is 1.53. The number of hydrogen-bond donors (Lipinski definition) is 1. The molecule has 0 aliphatic carbocycles. The topological polar surface area (TPSA) is 38.1 Å². The van der Waals surface area contributed by atoms with Crippen molar-refractivity contribution in [1.29, 1.82) is 0 Å². The molecule has 0 aliphatic heterocycles. The molecule has 0 atom stereocenters. The third-order valence-corrected chi connectivity index (χ3v) is 3.61. The van der Waals surface area contributed by atoms with Crippen LogP contribution in [0.2, 0.25) is 0 Å². The van der Waals surface area contributed by atoms with Gasteiger partial charge in [-0.2, -0.15) is 0 Å². The maximum atomic E-state index is 5.76. The van der Waals surface area contributed by atoms with Crippen LogP contribution >= 0.6 is 15.9 Å². The van der Waals surface area contributed by atoms with Crippen LogP contribution in [0.4, 0.5) is 0 Å². The van der Waals surface area contributed by atoms with Crippen molar-refractivity contribution in [2.45, 2.75) is 33.4 Å². The van der Waals surface area contributed by atoms with Crippen LogP contribution in [0, 0.1) is 6.92 Å². The smallest absolute Gasteiger partial charge is 0.208 e. The lowest BCUT2D eigenvalue weighted by atomic mass is 10.1. The molecule has 4 heteroatoms. The summed E-state index contributed by atoms with van der Waals surface area (Å²) in [4.78, 5) is 4.29. The van der Waals surface area contributed by atoms with E-state index in [4.69, 9.17) is 4.42 Å². The predicted molar refractivity (Wildman–Crippen MR) is 76.4 cm³/mol. The van der Waals surface area contributed by atoms with Crippen molar-refractivity contribution in [3.63, 3.8) is 0 Å². The number of aromatic nitrogens is 1. The SMILES string of the molecule is Cc1c(Br)cccc1-c1cnc(CNC(C)C)o1. The van der Waals surface area contributed by atoms with Gasteiger partial charge < -0.3 is 9.73 Å². The number of rotatable bonds is 4. The van der Waals surface area contributed by atoms with Gasteiger partial charge in [0.2, 0.25) is 5.89 Å². The van der Waals surface area contributed by atoms with E-state index in [1.54, 1.807) is 6.20 Å². The van der Waals surface area contributed by atoms with E-state index in [0.717, 1.165) is 27.3 Å². The fraction of sp³-hybridized carbons (Fsp3) is 0.357. The second-order valence-electron chi connectivity index (χ2n) is 4.57. The number of oxazole rings is 1. The molecule has 1 heterocycles. The van der Waals surface area contributed by atoms with Crippen LogP contribution in [0.25, 0.3) is 11.3 Å². The van der Waals surface area contributed by atoms with Crippen LogP contribution in [0.1, 0.15) is 25.3 Å². The van der Waals surface area contributed by atoms with Gasteiger partial charge in [-0.15, -0.1) is 0 Å². The van der Waals surface area contributed by atoms with Gasteiger partial charge in [-0.3, -0.25) is 0 Å². The van der Waals surface area contributed by atoms with Gasteiger partial charge in [-0.05, 0) is 18.6 Å². The van der Waals surface area contributed by atoms with Gasteiger partial charge in [0.1, 0.15) is 0 Å². The van der Waals surface area contributed by atoms with Crippen LogP contribution < -0.4 is 5.32 Å². The Bertz CT molecular complexity index is 534.